The minimum Gasteiger partial charge on any atom is -0.388 e. The van der Waals surface area contributed by atoms with Crippen LogP contribution in [0.3, 0.4) is 0 Å². The van der Waals surface area contributed by atoms with Crippen molar-refractivity contribution in [3.63, 3.8) is 0 Å². The first-order valence-electron chi connectivity index (χ1n) is 5.89. The van der Waals surface area contributed by atoms with Crippen LogP contribution in [0.4, 0.5) is 0 Å². The summed E-state index contributed by atoms with van der Waals surface area (Å²) in [6, 6.07) is 0. The molecule has 0 saturated carbocycles. The van der Waals surface area contributed by atoms with E-state index in [1.165, 1.54) is 0 Å². The highest BCUT2D eigenvalue weighted by Crippen LogP contribution is 2.24. The summed E-state index contributed by atoms with van der Waals surface area (Å²) in [6.45, 7) is -0.248. The smallest absolute Gasteiger partial charge is 0.186 e. The molecule has 0 aromatic carbocycles. The van der Waals surface area contributed by atoms with Crippen LogP contribution in [0.15, 0.2) is 0 Å². The number of rotatable bonds is 2. The summed E-state index contributed by atoms with van der Waals surface area (Å²) >= 11 is 3.92. The quantitative estimate of drug-likeness (QED) is 0.294. The lowest BCUT2D eigenvalue weighted by atomic mass is 10.0. The largest absolute Gasteiger partial charge is 0.388 e. The highest BCUT2D eigenvalue weighted by molar-refractivity contribution is 7.80. The first-order valence-corrected chi connectivity index (χ1v) is 6.40. The number of aliphatic hydroxyl groups is 5. The fourth-order valence-electron chi connectivity index (χ4n) is 1.97. The average Bonchev–Trinajstić information content (AvgIpc) is 2.39. The molecule has 5 N–H and O–H groups in total. The van der Waals surface area contributed by atoms with E-state index in [1.807, 2.05) is 0 Å². The third-order valence-corrected chi connectivity index (χ3v) is 3.67. The Labute approximate surface area is 114 Å². The van der Waals surface area contributed by atoms with Crippen LogP contribution in [0.2, 0.25) is 0 Å². The second kappa shape index (κ2) is 6.20. The Kier molecular flexibility index (Phi) is 5.04. The molecule has 2 rings (SSSR count). The van der Waals surface area contributed by atoms with Gasteiger partial charge >= 0.3 is 0 Å². The highest BCUT2D eigenvalue weighted by atomic mass is 32.1. The molecule has 0 radical (unpaired) electrons. The molecule has 2 aliphatic heterocycles. The summed E-state index contributed by atoms with van der Waals surface area (Å²) in [5.74, 6) is 0. The van der Waals surface area contributed by atoms with Gasteiger partial charge in [0.25, 0.3) is 0 Å². The van der Waals surface area contributed by atoms with Crippen LogP contribution in [0.5, 0.6) is 0 Å². The topological polar surface area (TPSA) is 129 Å². The molecule has 0 aromatic heterocycles. The first-order chi connectivity index (χ1) is 8.91. The Morgan fingerprint density at radius 2 is 1.53 bits per heavy atom. The van der Waals surface area contributed by atoms with Crippen LogP contribution in [0.25, 0.3) is 0 Å². The molecule has 8 atom stereocenters. The molecule has 0 aliphatic carbocycles. The highest BCUT2D eigenvalue weighted by Gasteiger charge is 2.43. The van der Waals surface area contributed by atoms with Crippen LogP contribution in [-0.2, 0) is 14.2 Å². The van der Waals surface area contributed by atoms with Gasteiger partial charge < -0.3 is 39.7 Å². The van der Waals surface area contributed by atoms with Crippen LogP contribution >= 0.6 is 12.6 Å². The van der Waals surface area contributed by atoms with E-state index in [4.69, 9.17) is 14.2 Å². The lowest BCUT2D eigenvalue weighted by Crippen LogP contribution is -2.58. The molecular formula is C10H18O8S. The third kappa shape index (κ3) is 3.20. The number of aliphatic hydroxyl groups excluding tert-OH is 5. The van der Waals surface area contributed by atoms with Crippen molar-refractivity contribution in [1.29, 1.82) is 0 Å². The minimum atomic E-state index is -1.46. The van der Waals surface area contributed by atoms with Gasteiger partial charge in [-0.25, -0.2) is 0 Å². The van der Waals surface area contributed by atoms with Crippen molar-refractivity contribution in [3.05, 3.63) is 0 Å². The average molecular weight is 298 g/mol. The van der Waals surface area contributed by atoms with Crippen molar-refractivity contribution < 1.29 is 39.7 Å². The van der Waals surface area contributed by atoms with E-state index in [2.05, 4.69) is 12.6 Å². The second-order valence-electron chi connectivity index (χ2n) is 4.63. The van der Waals surface area contributed by atoms with E-state index in [1.54, 1.807) is 0 Å². The van der Waals surface area contributed by atoms with Crippen molar-refractivity contribution in [3.8, 4) is 0 Å². The van der Waals surface area contributed by atoms with Gasteiger partial charge in [-0.3, -0.25) is 0 Å². The molecule has 0 unspecified atom stereocenters. The number of hydrogen-bond donors (Lipinski definition) is 6. The molecule has 0 spiro atoms. The summed E-state index contributed by atoms with van der Waals surface area (Å²) in [4.78, 5) is 0. The molecular weight excluding hydrogens is 280 g/mol. The molecule has 2 aliphatic rings. The maximum Gasteiger partial charge on any atom is 0.186 e. The van der Waals surface area contributed by atoms with Gasteiger partial charge in [-0.1, -0.05) is 0 Å². The zero-order valence-corrected chi connectivity index (χ0v) is 10.8. The van der Waals surface area contributed by atoms with Crippen molar-refractivity contribution in [2.24, 2.45) is 0 Å². The lowest BCUT2D eigenvalue weighted by molar-refractivity contribution is -0.306. The third-order valence-electron chi connectivity index (χ3n) is 3.22. The normalized spacial score (nSPS) is 52.1. The van der Waals surface area contributed by atoms with E-state index in [-0.39, 0.29) is 13.2 Å². The van der Waals surface area contributed by atoms with Gasteiger partial charge in [-0.05, 0) is 0 Å². The Balaban J connectivity index is 1.94. The minimum absolute atomic E-state index is 0.0440. The number of hydrogen-bond acceptors (Lipinski definition) is 9. The predicted octanol–water partition coefficient (Wildman–Crippen LogP) is -3.18. The predicted molar refractivity (Wildman–Crippen MR) is 63.4 cm³/mol. The van der Waals surface area contributed by atoms with Gasteiger partial charge in [0.05, 0.1) is 13.2 Å². The van der Waals surface area contributed by atoms with Crippen molar-refractivity contribution >= 4 is 12.6 Å². The summed E-state index contributed by atoms with van der Waals surface area (Å²) in [5, 5.41) is 47.8. The summed E-state index contributed by atoms with van der Waals surface area (Å²) in [7, 11) is 0. The summed E-state index contributed by atoms with van der Waals surface area (Å²) < 4.78 is 15.4. The van der Waals surface area contributed by atoms with E-state index in [9.17, 15) is 25.5 Å². The zero-order chi connectivity index (χ0) is 14.2. The van der Waals surface area contributed by atoms with Crippen molar-refractivity contribution in [2.45, 2.75) is 48.3 Å². The van der Waals surface area contributed by atoms with Crippen LogP contribution < -0.4 is 0 Å². The van der Waals surface area contributed by atoms with E-state index in [0.29, 0.717) is 0 Å². The van der Waals surface area contributed by atoms with Crippen LogP contribution in [-0.4, -0.2) is 87.1 Å². The molecule has 0 bridgehead atoms. The van der Waals surface area contributed by atoms with Crippen molar-refractivity contribution in [1.82, 2.24) is 0 Å². The second-order valence-corrected chi connectivity index (χ2v) is 5.14. The SMILES string of the molecule is O[C@@H]1[C@@H](O)[C@H](O[C@@H]2CO[C@@H](S)[C@H](O)[C@H]2O)OC[C@H]1O. The van der Waals surface area contributed by atoms with Crippen molar-refractivity contribution in [2.75, 3.05) is 13.2 Å². The van der Waals surface area contributed by atoms with Gasteiger partial charge in [0, 0.05) is 0 Å². The van der Waals surface area contributed by atoms with E-state index in [0.717, 1.165) is 0 Å². The Morgan fingerprint density at radius 1 is 0.842 bits per heavy atom. The molecule has 0 aromatic rings. The van der Waals surface area contributed by atoms with Gasteiger partial charge in [-0.15, -0.1) is 12.6 Å². The number of thiol groups is 1. The zero-order valence-electron chi connectivity index (χ0n) is 9.94. The van der Waals surface area contributed by atoms with Gasteiger partial charge in [0.1, 0.15) is 42.1 Å². The van der Waals surface area contributed by atoms with E-state index < -0.39 is 48.3 Å². The molecule has 2 saturated heterocycles. The number of ether oxygens (including phenoxy) is 3. The van der Waals surface area contributed by atoms with Gasteiger partial charge in [0.2, 0.25) is 0 Å². The molecule has 2 fully saturated rings. The van der Waals surface area contributed by atoms with Gasteiger partial charge in [-0.2, -0.15) is 0 Å². The summed E-state index contributed by atoms with van der Waals surface area (Å²) in [6.07, 6.45) is -8.69. The molecule has 112 valence electrons. The van der Waals surface area contributed by atoms with E-state index >= 15 is 0 Å². The Hall–Kier alpha value is 0.0300. The standard InChI is InChI=1S/C10H18O8S/c11-3-1-16-9(7(14)5(3)12)18-4-2-17-10(19)8(15)6(4)13/h3-15,19H,1-2H2/t3-,4-,5+,6+,7-,8-,9+,10+/m1/s1. The molecule has 0 amide bonds. The Bertz CT molecular complexity index is 277. The van der Waals surface area contributed by atoms with Crippen LogP contribution in [0, 0.1) is 0 Å². The lowest BCUT2D eigenvalue weighted by Gasteiger charge is -2.40. The monoisotopic (exact) mass is 298 g/mol. The molecule has 19 heavy (non-hydrogen) atoms. The fraction of sp³-hybridized carbons (Fsp3) is 1.00. The molecule has 9 heteroatoms. The van der Waals surface area contributed by atoms with Crippen LogP contribution in [0.1, 0.15) is 0 Å². The maximum absolute atomic E-state index is 9.79. The molecule has 8 nitrogen and oxygen atoms in total. The van der Waals surface area contributed by atoms with Gasteiger partial charge in [0.15, 0.2) is 6.29 Å². The fourth-order valence-corrected chi connectivity index (χ4v) is 2.23. The molecule has 2 heterocycles. The summed E-state index contributed by atoms with van der Waals surface area (Å²) in [5.41, 5.74) is -0.820. The Morgan fingerprint density at radius 3 is 2.21 bits per heavy atom. The maximum atomic E-state index is 9.79. The first kappa shape index (κ1) is 15.4.